The number of hydrogen-bond acceptors (Lipinski definition) is 2. The van der Waals surface area contributed by atoms with Crippen LogP contribution in [0.5, 0.6) is 11.5 Å². The van der Waals surface area contributed by atoms with Gasteiger partial charge in [-0.15, -0.1) is 0 Å². The summed E-state index contributed by atoms with van der Waals surface area (Å²) in [5.74, 6) is 1.57. The third-order valence-electron chi connectivity index (χ3n) is 3.27. The van der Waals surface area contributed by atoms with Crippen LogP contribution in [0.15, 0.2) is 48.5 Å². The summed E-state index contributed by atoms with van der Waals surface area (Å²) in [6, 6.07) is 16.3. The molecule has 20 heavy (non-hydrogen) atoms. The van der Waals surface area contributed by atoms with E-state index in [0.717, 1.165) is 17.1 Å². The van der Waals surface area contributed by atoms with E-state index in [2.05, 4.69) is 45.0 Å². The van der Waals surface area contributed by atoms with Crippen molar-refractivity contribution in [3.05, 3.63) is 59.7 Å². The fraction of sp³-hybridized carbons (Fsp3) is 0.333. The summed E-state index contributed by atoms with van der Waals surface area (Å²) in [4.78, 5) is 0. The molecule has 0 unspecified atom stereocenters. The van der Waals surface area contributed by atoms with Crippen LogP contribution >= 0.6 is 0 Å². The molecule has 2 nitrogen and oxygen atoms in total. The van der Waals surface area contributed by atoms with Gasteiger partial charge in [0.1, 0.15) is 6.61 Å². The zero-order valence-electron chi connectivity index (χ0n) is 12.6. The second-order valence-corrected chi connectivity index (χ2v) is 5.89. The Morgan fingerprint density at radius 3 is 2.20 bits per heavy atom. The van der Waals surface area contributed by atoms with Crippen molar-refractivity contribution in [3.63, 3.8) is 0 Å². The third kappa shape index (κ3) is 3.53. The van der Waals surface area contributed by atoms with E-state index in [4.69, 9.17) is 9.47 Å². The Morgan fingerprint density at radius 2 is 1.60 bits per heavy atom. The third-order valence-corrected chi connectivity index (χ3v) is 3.27. The lowest BCUT2D eigenvalue weighted by Crippen LogP contribution is -2.11. The molecule has 0 saturated carbocycles. The first-order chi connectivity index (χ1) is 9.50. The van der Waals surface area contributed by atoms with Crippen LogP contribution in [0, 0.1) is 0 Å². The van der Waals surface area contributed by atoms with Crippen LogP contribution in [-0.2, 0) is 12.0 Å². The van der Waals surface area contributed by atoms with Crippen LogP contribution in [0.25, 0.3) is 0 Å². The van der Waals surface area contributed by atoms with Gasteiger partial charge in [-0.25, -0.2) is 0 Å². The Balaban J connectivity index is 2.16. The van der Waals surface area contributed by atoms with Gasteiger partial charge in [0.05, 0.1) is 7.11 Å². The molecule has 0 aliphatic carbocycles. The van der Waals surface area contributed by atoms with Gasteiger partial charge in [-0.2, -0.15) is 0 Å². The van der Waals surface area contributed by atoms with Crippen molar-refractivity contribution in [2.24, 2.45) is 0 Å². The number of benzene rings is 2. The molecule has 0 heterocycles. The van der Waals surface area contributed by atoms with E-state index in [9.17, 15) is 0 Å². The molecule has 0 aliphatic rings. The normalized spacial score (nSPS) is 11.2. The molecular weight excluding hydrogens is 248 g/mol. The van der Waals surface area contributed by atoms with E-state index in [1.807, 2.05) is 24.3 Å². The van der Waals surface area contributed by atoms with Crippen molar-refractivity contribution in [3.8, 4) is 11.5 Å². The molecule has 0 bridgehead atoms. The first-order valence-electron chi connectivity index (χ1n) is 6.86. The molecule has 2 aromatic carbocycles. The number of methoxy groups -OCH3 is 1. The Hall–Kier alpha value is -1.96. The quantitative estimate of drug-likeness (QED) is 0.810. The molecule has 0 atom stereocenters. The highest BCUT2D eigenvalue weighted by atomic mass is 16.5. The first kappa shape index (κ1) is 14.4. The minimum absolute atomic E-state index is 0.102. The lowest BCUT2D eigenvalue weighted by atomic mass is 9.87. The summed E-state index contributed by atoms with van der Waals surface area (Å²) in [5, 5.41) is 0. The first-order valence-corrected chi connectivity index (χ1v) is 6.86. The molecule has 106 valence electrons. The minimum atomic E-state index is 0.102. The van der Waals surface area contributed by atoms with Crippen LogP contribution in [0.2, 0.25) is 0 Å². The molecule has 0 fully saturated rings. The minimum Gasteiger partial charge on any atom is -0.493 e. The molecule has 0 saturated heterocycles. The van der Waals surface area contributed by atoms with Gasteiger partial charge in [-0.05, 0) is 28.7 Å². The predicted octanol–water partition coefficient (Wildman–Crippen LogP) is 4.57. The number of ether oxygens (including phenoxy) is 2. The second-order valence-electron chi connectivity index (χ2n) is 5.89. The van der Waals surface area contributed by atoms with Gasteiger partial charge in [0.15, 0.2) is 11.5 Å². The highest BCUT2D eigenvalue weighted by Gasteiger charge is 2.16. The largest absolute Gasteiger partial charge is 0.493 e. The van der Waals surface area contributed by atoms with Crippen molar-refractivity contribution in [1.29, 1.82) is 0 Å². The number of hydrogen-bond donors (Lipinski definition) is 0. The summed E-state index contributed by atoms with van der Waals surface area (Å²) in [6.45, 7) is 7.11. The maximum absolute atomic E-state index is 5.86. The van der Waals surface area contributed by atoms with Gasteiger partial charge in [0.25, 0.3) is 0 Å². The Kier molecular flexibility index (Phi) is 4.33. The molecule has 0 spiro atoms. The van der Waals surface area contributed by atoms with Gasteiger partial charge in [-0.1, -0.05) is 57.2 Å². The number of rotatable bonds is 4. The van der Waals surface area contributed by atoms with Crippen molar-refractivity contribution >= 4 is 0 Å². The SMILES string of the molecule is COc1cc(C(C)(C)C)ccc1OCc1ccccc1. The smallest absolute Gasteiger partial charge is 0.161 e. The fourth-order valence-corrected chi connectivity index (χ4v) is 1.99. The zero-order chi connectivity index (χ0) is 14.6. The van der Waals surface area contributed by atoms with Gasteiger partial charge in [0.2, 0.25) is 0 Å². The van der Waals surface area contributed by atoms with Gasteiger partial charge in [0, 0.05) is 0 Å². The summed E-state index contributed by atoms with van der Waals surface area (Å²) in [7, 11) is 1.68. The van der Waals surface area contributed by atoms with E-state index < -0.39 is 0 Å². The monoisotopic (exact) mass is 270 g/mol. The maximum atomic E-state index is 5.86. The van der Waals surface area contributed by atoms with Crippen molar-refractivity contribution < 1.29 is 9.47 Å². The lowest BCUT2D eigenvalue weighted by Gasteiger charge is -2.21. The van der Waals surface area contributed by atoms with Crippen LogP contribution in [0.1, 0.15) is 31.9 Å². The van der Waals surface area contributed by atoms with E-state index in [1.54, 1.807) is 7.11 Å². The van der Waals surface area contributed by atoms with E-state index in [0.29, 0.717) is 6.61 Å². The average molecular weight is 270 g/mol. The van der Waals surface area contributed by atoms with E-state index in [-0.39, 0.29) is 5.41 Å². The fourth-order valence-electron chi connectivity index (χ4n) is 1.99. The highest BCUT2D eigenvalue weighted by molar-refractivity contribution is 5.44. The molecule has 2 aromatic rings. The summed E-state index contributed by atoms with van der Waals surface area (Å²) in [6.07, 6.45) is 0. The van der Waals surface area contributed by atoms with E-state index in [1.165, 1.54) is 5.56 Å². The highest BCUT2D eigenvalue weighted by Crippen LogP contribution is 2.33. The van der Waals surface area contributed by atoms with Crippen LogP contribution in [0.3, 0.4) is 0 Å². The lowest BCUT2D eigenvalue weighted by molar-refractivity contribution is 0.284. The molecule has 0 aliphatic heterocycles. The standard InChI is InChI=1S/C18H22O2/c1-18(2,3)15-10-11-16(17(12-15)19-4)20-13-14-8-6-5-7-9-14/h5-12H,13H2,1-4H3. The summed E-state index contributed by atoms with van der Waals surface area (Å²) in [5.41, 5.74) is 2.49. The molecule has 2 heteroatoms. The summed E-state index contributed by atoms with van der Waals surface area (Å²) >= 11 is 0. The topological polar surface area (TPSA) is 18.5 Å². The van der Waals surface area contributed by atoms with Crippen molar-refractivity contribution in [2.75, 3.05) is 7.11 Å². The van der Waals surface area contributed by atoms with Crippen LogP contribution in [-0.4, -0.2) is 7.11 Å². The maximum Gasteiger partial charge on any atom is 0.161 e. The molecule has 0 radical (unpaired) electrons. The average Bonchev–Trinajstić information content (AvgIpc) is 2.45. The van der Waals surface area contributed by atoms with Crippen LogP contribution < -0.4 is 9.47 Å². The van der Waals surface area contributed by atoms with Crippen molar-refractivity contribution in [2.45, 2.75) is 32.8 Å². The van der Waals surface area contributed by atoms with Gasteiger partial charge >= 0.3 is 0 Å². The Morgan fingerprint density at radius 1 is 0.900 bits per heavy atom. The molecular formula is C18H22O2. The van der Waals surface area contributed by atoms with Gasteiger partial charge < -0.3 is 9.47 Å². The predicted molar refractivity (Wildman–Crippen MR) is 82.5 cm³/mol. The van der Waals surface area contributed by atoms with Gasteiger partial charge in [-0.3, -0.25) is 0 Å². The van der Waals surface area contributed by atoms with Crippen molar-refractivity contribution in [1.82, 2.24) is 0 Å². The molecule has 0 amide bonds. The molecule has 0 N–H and O–H groups in total. The second kappa shape index (κ2) is 6.00. The Labute approximate surface area is 121 Å². The Bertz CT molecular complexity index is 553. The van der Waals surface area contributed by atoms with E-state index >= 15 is 0 Å². The molecule has 2 rings (SSSR count). The zero-order valence-corrected chi connectivity index (χ0v) is 12.6. The van der Waals surface area contributed by atoms with Crippen LogP contribution in [0.4, 0.5) is 0 Å². The molecule has 0 aromatic heterocycles. The summed E-state index contributed by atoms with van der Waals surface area (Å²) < 4.78 is 11.3.